The molecule has 0 radical (unpaired) electrons. The van der Waals surface area contributed by atoms with Gasteiger partial charge in [0, 0.05) is 30.5 Å². The monoisotopic (exact) mass is 260 g/mol. The zero-order chi connectivity index (χ0) is 13.1. The highest BCUT2D eigenvalue weighted by molar-refractivity contribution is 5.58. The molecule has 3 heteroatoms. The molecule has 3 rings (SSSR count). The number of anilines is 2. The number of nitrogens with one attached hydrogen (secondary N) is 1. The number of hydrogen-bond acceptors (Lipinski definition) is 3. The van der Waals surface area contributed by atoms with Gasteiger partial charge in [0.25, 0.3) is 0 Å². The van der Waals surface area contributed by atoms with Gasteiger partial charge in [-0.1, -0.05) is 6.07 Å². The Balaban J connectivity index is 1.62. The van der Waals surface area contributed by atoms with Crippen LogP contribution in [-0.4, -0.2) is 30.3 Å². The summed E-state index contributed by atoms with van der Waals surface area (Å²) in [6.45, 7) is 2.39. The van der Waals surface area contributed by atoms with Crippen LogP contribution in [0, 0.1) is 0 Å². The third-order valence-corrected chi connectivity index (χ3v) is 4.38. The summed E-state index contributed by atoms with van der Waals surface area (Å²) in [4.78, 5) is 2.47. The van der Waals surface area contributed by atoms with Gasteiger partial charge in [-0.2, -0.15) is 0 Å². The van der Waals surface area contributed by atoms with Crippen molar-refractivity contribution >= 4 is 11.4 Å². The first kappa shape index (κ1) is 12.8. The highest BCUT2D eigenvalue weighted by Crippen LogP contribution is 2.26. The first-order valence-electron chi connectivity index (χ1n) is 7.61. The molecule has 104 valence electrons. The summed E-state index contributed by atoms with van der Waals surface area (Å²) in [5.41, 5.74) is 2.57. The van der Waals surface area contributed by atoms with Crippen LogP contribution in [0.3, 0.4) is 0 Å². The van der Waals surface area contributed by atoms with E-state index in [1.54, 1.807) is 0 Å². The van der Waals surface area contributed by atoms with Crippen LogP contribution in [0.5, 0.6) is 0 Å². The second-order valence-corrected chi connectivity index (χ2v) is 5.89. The first-order chi connectivity index (χ1) is 9.31. The molecule has 2 aliphatic rings. The number of benzene rings is 1. The number of aliphatic hydroxyl groups is 1. The Bertz CT molecular complexity index is 407. The molecule has 1 aromatic rings. The lowest BCUT2D eigenvalue weighted by molar-refractivity contribution is 0.126. The van der Waals surface area contributed by atoms with E-state index in [4.69, 9.17) is 0 Å². The van der Waals surface area contributed by atoms with Crippen LogP contribution in [0.2, 0.25) is 0 Å². The predicted octanol–water partition coefficient (Wildman–Crippen LogP) is 3.00. The maximum atomic E-state index is 9.55. The van der Waals surface area contributed by atoms with E-state index in [1.165, 1.54) is 37.3 Å². The van der Waals surface area contributed by atoms with Gasteiger partial charge in [0.05, 0.1) is 6.10 Å². The van der Waals surface area contributed by atoms with Crippen LogP contribution in [0.1, 0.15) is 38.5 Å². The van der Waals surface area contributed by atoms with Gasteiger partial charge in [-0.25, -0.2) is 0 Å². The summed E-state index contributed by atoms with van der Waals surface area (Å²) in [5, 5.41) is 13.2. The minimum absolute atomic E-state index is 0.0750. The second-order valence-electron chi connectivity index (χ2n) is 5.89. The third kappa shape index (κ3) is 3.21. The largest absolute Gasteiger partial charge is 0.393 e. The van der Waals surface area contributed by atoms with E-state index in [0.29, 0.717) is 6.04 Å². The molecule has 0 amide bonds. The number of nitrogens with zero attached hydrogens (tertiary/aromatic N) is 1. The van der Waals surface area contributed by atoms with Crippen molar-refractivity contribution in [1.29, 1.82) is 0 Å². The zero-order valence-corrected chi connectivity index (χ0v) is 11.5. The SMILES string of the molecule is OC1CCC(Nc2cccc(N3CCCC3)c2)CC1. The molecule has 1 saturated carbocycles. The van der Waals surface area contributed by atoms with Crippen LogP contribution in [0.25, 0.3) is 0 Å². The van der Waals surface area contributed by atoms with Crippen LogP contribution in [0.15, 0.2) is 24.3 Å². The van der Waals surface area contributed by atoms with Gasteiger partial charge in [-0.05, 0) is 56.7 Å². The predicted molar refractivity (Wildman–Crippen MR) is 79.8 cm³/mol. The van der Waals surface area contributed by atoms with Crippen molar-refractivity contribution in [2.75, 3.05) is 23.3 Å². The molecule has 2 fully saturated rings. The molecule has 1 heterocycles. The summed E-state index contributed by atoms with van der Waals surface area (Å²) >= 11 is 0. The van der Waals surface area contributed by atoms with Crippen molar-refractivity contribution in [3.63, 3.8) is 0 Å². The molecular weight excluding hydrogens is 236 g/mol. The molecule has 0 bridgehead atoms. The highest BCUT2D eigenvalue weighted by Gasteiger charge is 2.19. The lowest BCUT2D eigenvalue weighted by Crippen LogP contribution is -2.28. The van der Waals surface area contributed by atoms with Crippen molar-refractivity contribution in [2.24, 2.45) is 0 Å². The van der Waals surface area contributed by atoms with Gasteiger partial charge in [0.1, 0.15) is 0 Å². The van der Waals surface area contributed by atoms with Crippen LogP contribution < -0.4 is 10.2 Å². The van der Waals surface area contributed by atoms with E-state index in [0.717, 1.165) is 25.7 Å². The maximum absolute atomic E-state index is 9.55. The summed E-state index contributed by atoms with van der Waals surface area (Å²) in [5.74, 6) is 0. The molecule has 19 heavy (non-hydrogen) atoms. The maximum Gasteiger partial charge on any atom is 0.0541 e. The molecule has 1 aliphatic carbocycles. The quantitative estimate of drug-likeness (QED) is 0.877. The lowest BCUT2D eigenvalue weighted by Gasteiger charge is -2.27. The van der Waals surface area contributed by atoms with E-state index in [2.05, 4.69) is 34.5 Å². The van der Waals surface area contributed by atoms with Gasteiger partial charge in [0.2, 0.25) is 0 Å². The third-order valence-electron chi connectivity index (χ3n) is 4.38. The van der Waals surface area contributed by atoms with Gasteiger partial charge in [-0.15, -0.1) is 0 Å². The zero-order valence-electron chi connectivity index (χ0n) is 11.5. The summed E-state index contributed by atoms with van der Waals surface area (Å²) in [7, 11) is 0. The molecule has 3 nitrogen and oxygen atoms in total. The molecule has 1 saturated heterocycles. The van der Waals surface area contributed by atoms with Crippen LogP contribution in [-0.2, 0) is 0 Å². The second kappa shape index (κ2) is 5.83. The van der Waals surface area contributed by atoms with Gasteiger partial charge >= 0.3 is 0 Å². The summed E-state index contributed by atoms with van der Waals surface area (Å²) in [6, 6.07) is 9.31. The van der Waals surface area contributed by atoms with Crippen molar-refractivity contribution in [3.05, 3.63) is 24.3 Å². The normalized spacial score (nSPS) is 27.5. The molecule has 0 atom stereocenters. The molecular formula is C16H24N2O. The minimum Gasteiger partial charge on any atom is -0.393 e. The van der Waals surface area contributed by atoms with E-state index in [1.807, 2.05) is 0 Å². The fourth-order valence-electron chi connectivity index (χ4n) is 3.22. The Hall–Kier alpha value is -1.22. The molecule has 2 N–H and O–H groups in total. The van der Waals surface area contributed by atoms with Gasteiger partial charge < -0.3 is 15.3 Å². The first-order valence-corrected chi connectivity index (χ1v) is 7.61. The Morgan fingerprint density at radius 2 is 1.79 bits per heavy atom. The average molecular weight is 260 g/mol. The van der Waals surface area contributed by atoms with E-state index >= 15 is 0 Å². The van der Waals surface area contributed by atoms with E-state index in [-0.39, 0.29) is 6.10 Å². The van der Waals surface area contributed by atoms with Crippen molar-refractivity contribution in [3.8, 4) is 0 Å². The molecule has 1 aromatic carbocycles. The summed E-state index contributed by atoms with van der Waals surface area (Å²) < 4.78 is 0. The van der Waals surface area contributed by atoms with Crippen LogP contribution in [0.4, 0.5) is 11.4 Å². The summed E-state index contributed by atoms with van der Waals surface area (Å²) in [6.07, 6.45) is 6.59. The van der Waals surface area contributed by atoms with Gasteiger partial charge in [-0.3, -0.25) is 0 Å². The standard InChI is InChI=1S/C16H24N2O/c19-16-8-6-13(7-9-16)17-14-4-3-5-15(12-14)18-10-1-2-11-18/h3-5,12-13,16-17,19H,1-2,6-11H2. The molecule has 0 spiro atoms. The number of rotatable bonds is 3. The Labute approximate surface area is 115 Å². The Morgan fingerprint density at radius 3 is 2.53 bits per heavy atom. The van der Waals surface area contributed by atoms with Crippen molar-refractivity contribution in [2.45, 2.75) is 50.7 Å². The fraction of sp³-hybridized carbons (Fsp3) is 0.625. The minimum atomic E-state index is -0.0750. The van der Waals surface area contributed by atoms with Gasteiger partial charge in [0.15, 0.2) is 0 Å². The molecule has 1 aliphatic heterocycles. The smallest absolute Gasteiger partial charge is 0.0541 e. The average Bonchev–Trinajstić information content (AvgIpc) is 2.96. The van der Waals surface area contributed by atoms with Crippen LogP contribution >= 0.6 is 0 Å². The Kier molecular flexibility index (Phi) is 3.92. The topological polar surface area (TPSA) is 35.5 Å². The highest BCUT2D eigenvalue weighted by atomic mass is 16.3. The van der Waals surface area contributed by atoms with Crippen molar-refractivity contribution in [1.82, 2.24) is 0 Å². The number of hydrogen-bond donors (Lipinski definition) is 2. The van der Waals surface area contributed by atoms with E-state index in [9.17, 15) is 5.11 Å². The molecule has 0 unspecified atom stereocenters. The van der Waals surface area contributed by atoms with Crippen molar-refractivity contribution < 1.29 is 5.11 Å². The molecule has 0 aromatic heterocycles. The fourth-order valence-corrected chi connectivity index (χ4v) is 3.22. The van der Waals surface area contributed by atoms with E-state index < -0.39 is 0 Å². The lowest BCUT2D eigenvalue weighted by atomic mass is 9.93. The number of aliphatic hydroxyl groups excluding tert-OH is 1. The Morgan fingerprint density at radius 1 is 1.05 bits per heavy atom.